The standard InChI is InChI=1S/C33H46F5NO/c1-4-6-8-11-19-40-20-12-9-10-14-24-15-17-27(31(35)30(24)34)28-18-16-25-22-26(21-23(3)13-7-5-2)39-32(36)29(25)33(28,37)38/h15,17,22-23,28H,4-14,16,18-21H2,1-3H3. The summed E-state index contributed by atoms with van der Waals surface area (Å²) in [5.74, 6) is -8.61. The lowest BCUT2D eigenvalue weighted by atomic mass is 9.76. The highest BCUT2D eigenvalue weighted by Crippen LogP contribution is 2.51. The van der Waals surface area contributed by atoms with Gasteiger partial charge in [0.1, 0.15) is 0 Å². The highest BCUT2D eigenvalue weighted by molar-refractivity contribution is 5.40. The van der Waals surface area contributed by atoms with Crippen LogP contribution in [0.5, 0.6) is 0 Å². The van der Waals surface area contributed by atoms with Crippen molar-refractivity contribution < 1.29 is 26.7 Å². The summed E-state index contributed by atoms with van der Waals surface area (Å²) in [6.07, 6.45) is 10.9. The molecule has 3 rings (SSSR count). The predicted molar refractivity (Wildman–Crippen MR) is 150 cm³/mol. The normalized spacial score (nSPS) is 17.1. The Kier molecular flexibility index (Phi) is 12.9. The lowest BCUT2D eigenvalue weighted by Crippen LogP contribution is -2.33. The second kappa shape index (κ2) is 15.8. The first-order valence-electron chi connectivity index (χ1n) is 15.3. The van der Waals surface area contributed by atoms with E-state index in [4.69, 9.17) is 4.74 Å². The minimum atomic E-state index is -3.69. The molecule has 40 heavy (non-hydrogen) atoms. The van der Waals surface area contributed by atoms with E-state index in [2.05, 4.69) is 18.8 Å². The van der Waals surface area contributed by atoms with Gasteiger partial charge < -0.3 is 4.74 Å². The first kappa shape index (κ1) is 32.5. The quantitative estimate of drug-likeness (QED) is 0.108. The highest BCUT2D eigenvalue weighted by Gasteiger charge is 2.50. The fraction of sp³-hybridized carbons (Fsp3) is 0.667. The minimum Gasteiger partial charge on any atom is -0.381 e. The molecular weight excluding hydrogens is 521 g/mol. The second-order valence-electron chi connectivity index (χ2n) is 11.5. The Balaban J connectivity index is 1.62. The van der Waals surface area contributed by atoms with Gasteiger partial charge in [0, 0.05) is 24.5 Å². The Hall–Kier alpha value is -2.02. The maximum Gasteiger partial charge on any atom is 0.284 e. The fourth-order valence-electron chi connectivity index (χ4n) is 5.79. The molecule has 0 aliphatic heterocycles. The topological polar surface area (TPSA) is 22.1 Å². The third-order valence-electron chi connectivity index (χ3n) is 8.14. The lowest BCUT2D eigenvalue weighted by Gasteiger charge is -2.34. The first-order valence-corrected chi connectivity index (χ1v) is 15.3. The summed E-state index contributed by atoms with van der Waals surface area (Å²) >= 11 is 0. The summed E-state index contributed by atoms with van der Waals surface area (Å²) in [6.45, 7) is 7.70. The molecule has 2 unspecified atom stereocenters. The summed E-state index contributed by atoms with van der Waals surface area (Å²) < 4.78 is 82.0. The van der Waals surface area contributed by atoms with Crippen molar-refractivity contribution in [3.8, 4) is 0 Å². The molecule has 0 saturated heterocycles. The van der Waals surface area contributed by atoms with Gasteiger partial charge in [-0.3, -0.25) is 0 Å². The Labute approximate surface area is 237 Å². The van der Waals surface area contributed by atoms with Gasteiger partial charge in [-0.05, 0) is 68.1 Å². The molecule has 0 bridgehead atoms. The second-order valence-corrected chi connectivity index (χ2v) is 11.5. The number of aromatic nitrogens is 1. The monoisotopic (exact) mass is 567 g/mol. The van der Waals surface area contributed by atoms with Gasteiger partial charge in [-0.2, -0.15) is 4.39 Å². The Morgan fingerprint density at radius 3 is 2.33 bits per heavy atom. The number of rotatable bonds is 17. The van der Waals surface area contributed by atoms with Crippen LogP contribution in [0, 0.1) is 23.5 Å². The summed E-state index contributed by atoms with van der Waals surface area (Å²) in [5, 5.41) is 0. The van der Waals surface area contributed by atoms with E-state index in [0.29, 0.717) is 31.6 Å². The molecule has 1 heterocycles. The van der Waals surface area contributed by atoms with E-state index in [0.717, 1.165) is 45.1 Å². The van der Waals surface area contributed by atoms with Gasteiger partial charge in [0.2, 0.25) is 5.95 Å². The smallest absolute Gasteiger partial charge is 0.284 e. The van der Waals surface area contributed by atoms with Crippen LogP contribution < -0.4 is 0 Å². The van der Waals surface area contributed by atoms with E-state index in [1.54, 1.807) is 6.07 Å². The highest BCUT2D eigenvalue weighted by atomic mass is 19.3. The molecule has 0 amide bonds. The van der Waals surface area contributed by atoms with Crippen LogP contribution >= 0.6 is 0 Å². The van der Waals surface area contributed by atoms with Crippen molar-refractivity contribution >= 4 is 0 Å². The molecule has 1 aliphatic rings. The van der Waals surface area contributed by atoms with E-state index >= 15 is 17.6 Å². The third kappa shape index (κ3) is 8.50. The number of alkyl halides is 2. The number of hydrogen-bond donors (Lipinski definition) is 0. The zero-order valence-electron chi connectivity index (χ0n) is 24.4. The summed E-state index contributed by atoms with van der Waals surface area (Å²) in [4.78, 5) is 3.87. The zero-order valence-corrected chi connectivity index (χ0v) is 24.4. The van der Waals surface area contributed by atoms with Gasteiger partial charge in [0.05, 0.1) is 11.5 Å². The summed E-state index contributed by atoms with van der Waals surface area (Å²) in [6, 6.07) is 4.23. The van der Waals surface area contributed by atoms with Crippen molar-refractivity contribution in [2.45, 2.75) is 123 Å². The average Bonchev–Trinajstić information content (AvgIpc) is 2.91. The molecule has 0 radical (unpaired) electrons. The maximum atomic E-state index is 15.6. The Morgan fingerprint density at radius 2 is 1.62 bits per heavy atom. The number of halogens is 5. The van der Waals surface area contributed by atoms with Crippen LogP contribution in [-0.2, 0) is 29.9 Å². The molecular formula is C33H46F5NO. The minimum absolute atomic E-state index is 0.0948. The van der Waals surface area contributed by atoms with Gasteiger partial charge in [0.25, 0.3) is 5.92 Å². The molecule has 2 aromatic rings. The number of hydrogen-bond acceptors (Lipinski definition) is 2. The van der Waals surface area contributed by atoms with Gasteiger partial charge >= 0.3 is 0 Å². The van der Waals surface area contributed by atoms with E-state index in [-0.39, 0.29) is 29.9 Å². The van der Waals surface area contributed by atoms with Crippen molar-refractivity contribution in [1.29, 1.82) is 0 Å². The fourth-order valence-corrected chi connectivity index (χ4v) is 5.79. The van der Waals surface area contributed by atoms with Crippen molar-refractivity contribution in [1.82, 2.24) is 4.98 Å². The molecule has 1 aliphatic carbocycles. The average molecular weight is 568 g/mol. The van der Waals surface area contributed by atoms with E-state index in [9.17, 15) is 4.39 Å². The van der Waals surface area contributed by atoms with Crippen molar-refractivity contribution in [3.63, 3.8) is 0 Å². The number of nitrogens with zero attached hydrogens (tertiary/aromatic N) is 1. The van der Waals surface area contributed by atoms with Crippen molar-refractivity contribution in [3.05, 3.63) is 63.7 Å². The zero-order chi connectivity index (χ0) is 29.1. The molecule has 7 heteroatoms. The molecule has 0 N–H and O–H groups in total. The number of unbranched alkanes of at least 4 members (excludes halogenated alkanes) is 6. The third-order valence-corrected chi connectivity index (χ3v) is 8.14. The summed E-state index contributed by atoms with van der Waals surface area (Å²) in [5.41, 5.74) is -0.311. The van der Waals surface area contributed by atoms with E-state index in [1.807, 2.05) is 6.92 Å². The lowest BCUT2D eigenvalue weighted by molar-refractivity contribution is -0.0486. The Morgan fingerprint density at radius 1 is 0.925 bits per heavy atom. The van der Waals surface area contributed by atoms with Crippen LogP contribution in [0.25, 0.3) is 0 Å². The Bertz CT molecular complexity index is 1070. The number of pyridine rings is 1. The number of benzene rings is 1. The van der Waals surface area contributed by atoms with Crippen LogP contribution in [0.4, 0.5) is 22.0 Å². The maximum absolute atomic E-state index is 15.6. The summed E-state index contributed by atoms with van der Waals surface area (Å²) in [7, 11) is 0. The number of aryl methyl sites for hydroxylation is 2. The van der Waals surface area contributed by atoms with Gasteiger partial charge in [0.15, 0.2) is 11.6 Å². The van der Waals surface area contributed by atoms with Gasteiger partial charge in [-0.1, -0.05) is 77.8 Å². The number of fused-ring (bicyclic) bond motifs is 1. The van der Waals surface area contributed by atoms with Crippen LogP contribution in [-0.4, -0.2) is 18.2 Å². The van der Waals surface area contributed by atoms with Gasteiger partial charge in [-0.15, -0.1) is 0 Å². The van der Waals surface area contributed by atoms with Crippen LogP contribution in [0.1, 0.15) is 125 Å². The number of ether oxygens (including phenoxy) is 1. The van der Waals surface area contributed by atoms with Crippen LogP contribution in [0.2, 0.25) is 0 Å². The van der Waals surface area contributed by atoms with Gasteiger partial charge in [-0.25, -0.2) is 22.5 Å². The molecule has 224 valence electrons. The molecule has 0 saturated carbocycles. The molecule has 0 spiro atoms. The largest absolute Gasteiger partial charge is 0.381 e. The molecule has 1 aromatic heterocycles. The predicted octanol–water partition coefficient (Wildman–Crippen LogP) is 10.00. The van der Waals surface area contributed by atoms with Crippen molar-refractivity contribution in [2.24, 2.45) is 5.92 Å². The van der Waals surface area contributed by atoms with E-state index in [1.165, 1.54) is 31.4 Å². The molecule has 2 nitrogen and oxygen atoms in total. The molecule has 1 aromatic carbocycles. The van der Waals surface area contributed by atoms with Crippen LogP contribution in [0.15, 0.2) is 18.2 Å². The SMILES string of the molecule is CCCCCCOCCCCCc1ccc(C2CCc3cc(CC(C)CCCC)nc(F)c3C2(F)F)c(F)c1F. The van der Waals surface area contributed by atoms with Crippen LogP contribution in [0.3, 0.4) is 0 Å². The molecule has 2 atom stereocenters. The molecule has 0 fully saturated rings. The van der Waals surface area contributed by atoms with E-state index < -0.39 is 40.5 Å². The van der Waals surface area contributed by atoms with Crippen molar-refractivity contribution in [2.75, 3.05) is 13.2 Å². The first-order chi connectivity index (χ1) is 19.2.